The van der Waals surface area contributed by atoms with Gasteiger partial charge in [-0.1, -0.05) is 182 Å². The Hall–Kier alpha value is -10.4. The molecule has 7 bridgehead atoms. The minimum Gasteiger partial charge on any atom is -0.256 e. The van der Waals surface area contributed by atoms with Gasteiger partial charge in [-0.25, -0.2) is 0 Å². The molecule has 2 spiro atoms. The third-order valence-corrected chi connectivity index (χ3v) is 29.9. The largest absolute Gasteiger partial charge is 0.256 e. The molecule has 11 aliphatic carbocycles. The zero-order valence-electron chi connectivity index (χ0n) is 58.7. The molecule has 10 aromatic carbocycles. The molecular weight excluding hydrogens is 1260 g/mol. The molecule has 3 nitrogen and oxygen atoms in total. The summed E-state index contributed by atoms with van der Waals surface area (Å²) in [6, 6.07) is 97.5. The fourth-order valence-electron chi connectivity index (χ4n) is 25.2. The SMILES string of the molecule is c1ccc(-c2ccc(-c3cc(-c4ccc(-c5ccccc5)cc4-c4ccc(-c5ccc6c(c5)C5CC7CC8CC6C78C5)nc4)cc(-c4ccc(-c5ccccc5)cc4-c4ccc(-c5ccc6c(c5)C5CC7CC8CC6C78C5)nc4)c3)c(-c3ccc(-c4ccc5c(c4)C4CC6CC(C4)C5C6)nc3)c2)cc1. The monoisotopic (exact) mass is 1340 g/mol. The molecule has 3 heterocycles. The van der Waals surface area contributed by atoms with Gasteiger partial charge in [-0.15, -0.1) is 0 Å². The van der Waals surface area contributed by atoms with Crippen molar-refractivity contribution < 1.29 is 0 Å². The van der Waals surface area contributed by atoms with Crippen molar-refractivity contribution in [2.45, 2.75) is 113 Å². The predicted molar refractivity (Wildman–Crippen MR) is 423 cm³/mol. The predicted octanol–water partition coefficient (Wildman–Crippen LogP) is 25.9. The zero-order valence-corrected chi connectivity index (χ0v) is 58.7. The third kappa shape index (κ3) is 8.62. The molecule has 0 radical (unpaired) electrons. The van der Waals surface area contributed by atoms with E-state index in [0.29, 0.717) is 28.6 Å². The molecule has 0 saturated heterocycles. The number of fused-ring (bicyclic) bond motifs is 13. The van der Waals surface area contributed by atoms with Gasteiger partial charge in [0.05, 0.1) is 17.1 Å². The zero-order chi connectivity index (χ0) is 67.7. The summed E-state index contributed by atoms with van der Waals surface area (Å²) in [7, 11) is 0. The molecule has 24 rings (SSSR count). The first-order valence-electron chi connectivity index (χ1n) is 39.4. The van der Waals surface area contributed by atoms with Crippen molar-refractivity contribution in [3.8, 4) is 134 Å². The van der Waals surface area contributed by atoms with Crippen LogP contribution in [0.5, 0.6) is 0 Å². The standard InChI is InChI=1S/C101H81N3/c1-4-10-59(11-5-1)62-16-25-82(89(43-62)68-22-31-97(102-55-68)65-19-28-85-88-36-58-34-71(88)37-72(35-58)92(85)46-65)73-38-74(83-26-17-63(60-12-6-2-7-13-60)44-90(83)69-23-32-98(103-56-69)66-20-29-86-93(47-66)76-41-78-49-80-51-95(86)100(78,80)53-76)40-75(39-73)84-27-18-64(61-14-8-3-9-15-61)45-91(84)70-24-33-99(104-57-70)67-21-30-87-94(48-67)77-42-79-50-81-52-96(87)101(79,81)54-77/h1-33,38-40,43-48,55-58,71-72,76-81,88,95-96H,34-37,41-42,49-54H2. The molecule has 0 aliphatic heterocycles. The van der Waals surface area contributed by atoms with Crippen molar-refractivity contribution in [2.75, 3.05) is 0 Å². The molecule has 8 saturated carbocycles. The van der Waals surface area contributed by atoms with E-state index in [1.54, 1.807) is 33.4 Å². The number of benzene rings is 10. The molecule has 8 fully saturated rings. The average Bonchev–Trinajstić information content (AvgIpc) is 1.47. The lowest BCUT2D eigenvalue weighted by Crippen LogP contribution is -2.59. The Balaban J connectivity index is 0.669. The van der Waals surface area contributed by atoms with Gasteiger partial charge in [0.25, 0.3) is 0 Å². The highest BCUT2D eigenvalue weighted by atomic mass is 14.8. The highest BCUT2D eigenvalue weighted by molar-refractivity contribution is 5.97. The van der Waals surface area contributed by atoms with Gasteiger partial charge < -0.3 is 0 Å². The Kier molecular flexibility index (Phi) is 12.6. The highest BCUT2D eigenvalue weighted by Gasteiger charge is 2.73. The van der Waals surface area contributed by atoms with E-state index in [4.69, 9.17) is 15.0 Å². The fraction of sp³-hybridized carbons (Fsp3) is 0.257. The maximum absolute atomic E-state index is 5.44. The second-order valence-corrected chi connectivity index (χ2v) is 34.2. The highest BCUT2D eigenvalue weighted by Crippen LogP contribution is 2.83. The van der Waals surface area contributed by atoms with E-state index in [1.807, 2.05) is 0 Å². The van der Waals surface area contributed by atoms with Crippen LogP contribution >= 0.6 is 0 Å². The average molecular weight is 1340 g/mol. The first kappa shape index (κ1) is 59.1. The first-order chi connectivity index (χ1) is 51.3. The lowest BCUT2D eigenvalue weighted by molar-refractivity contribution is -0.146. The second kappa shape index (κ2) is 22.1. The van der Waals surface area contributed by atoms with E-state index in [2.05, 4.69) is 273 Å². The van der Waals surface area contributed by atoms with E-state index in [9.17, 15) is 0 Å². The van der Waals surface area contributed by atoms with E-state index in [-0.39, 0.29) is 0 Å². The summed E-state index contributed by atoms with van der Waals surface area (Å²) < 4.78 is 0. The lowest BCUT2D eigenvalue weighted by atomic mass is 9.36. The molecule has 13 aromatic rings. The van der Waals surface area contributed by atoms with Gasteiger partial charge in [0.2, 0.25) is 0 Å². The third-order valence-electron chi connectivity index (χ3n) is 29.9. The van der Waals surface area contributed by atoms with Crippen LogP contribution in [0.2, 0.25) is 0 Å². The molecule has 0 amide bonds. The van der Waals surface area contributed by atoms with Crippen LogP contribution in [0.1, 0.15) is 146 Å². The molecule has 3 aromatic heterocycles. The molecule has 14 atom stereocenters. The molecule has 500 valence electrons. The number of nitrogens with zero attached hydrogens (tertiary/aromatic N) is 3. The topological polar surface area (TPSA) is 38.7 Å². The minimum absolute atomic E-state index is 0.632. The Bertz CT molecular complexity index is 5460. The summed E-state index contributed by atoms with van der Waals surface area (Å²) in [6.07, 6.45) is 23.3. The quantitative estimate of drug-likeness (QED) is 0.122. The van der Waals surface area contributed by atoms with Crippen LogP contribution < -0.4 is 0 Å². The van der Waals surface area contributed by atoms with Gasteiger partial charge in [-0.3, -0.25) is 15.0 Å². The Labute approximate surface area is 610 Å². The fourth-order valence-corrected chi connectivity index (χ4v) is 25.2. The Morgan fingerprint density at radius 2 is 0.606 bits per heavy atom. The summed E-state index contributed by atoms with van der Waals surface area (Å²) >= 11 is 0. The number of hydrogen-bond acceptors (Lipinski definition) is 3. The lowest BCUT2D eigenvalue weighted by Gasteiger charge is -2.68. The smallest absolute Gasteiger partial charge is 0.0702 e. The van der Waals surface area contributed by atoms with Crippen LogP contribution in [0, 0.1) is 46.3 Å². The first-order valence-corrected chi connectivity index (χ1v) is 39.4. The minimum atomic E-state index is 0.632. The summed E-state index contributed by atoms with van der Waals surface area (Å²) in [5, 5.41) is 0. The van der Waals surface area contributed by atoms with Crippen LogP contribution in [0.25, 0.3) is 134 Å². The van der Waals surface area contributed by atoms with Crippen molar-refractivity contribution in [3.63, 3.8) is 0 Å². The van der Waals surface area contributed by atoms with E-state index < -0.39 is 0 Å². The molecule has 0 N–H and O–H groups in total. The number of rotatable bonds is 12. The van der Waals surface area contributed by atoms with Gasteiger partial charge in [-0.2, -0.15) is 0 Å². The number of pyridine rings is 3. The number of hydrogen-bond donors (Lipinski definition) is 0. The van der Waals surface area contributed by atoms with Crippen LogP contribution in [-0.2, 0) is 0 Å². The van der Waals surface area contributed by atoms with Crippen molar-refractivity contribution >= 4 is 0 Å². The van der Waals surface area contributed by atoms with Gasteiger partial charge in [0.1, 0.15) is 0 Å². The van der Waals surface area contributed by atoms with E-state index in [1.165, 1.54) is 127 Å². The summed E-state index contributed by atoms with van der Waals surface area (Å²) in [5.74, 6) is 9.94. The Morgan fingerprint density at radius 1 is 0.231 bits per heavy atom. The van der Waals surface area contributed by atoms with Crippen molar-refractivity contribution in [1.29, 1.82) is 0 Å². The molecule has 3 heteroatoms. The summed E-state index contributed by atoms with van der Waals surface area (Å²) in [4.78, 5) is 16.3. The van der Waals surface area contributed by atoms with Gasteiger partial charge in [0.15, 0.2) is 0 Å². The van der Waals surface area contributed by atoms with Gasteiger partial charge >= 0.3 is 0 Å². The van der Waals surface area contributed by atoms with Crippen molar-refractivity contribution in [2.24, 2.45) is 46.3 Å². The van der Waals surface area contributed by atoms with Gasteiger partial charge in [0, 0.05) is 52.0 Å². The van der Waals surface area contributed by atoms with Crippen LogP contribution in [0.4, 0.5) is 0 Å². The van der Waals surface area contributed by atoms with Crippen LogP contribution in [0.3, 0.4) is 0 Å². The molecule has 14 unspecified atom stereocenters. The van der Waals surface area contributed by atoms with E-state index >= 15 is 0 Å². The van der Waals surface area contributed by atoms with Crippen molar-refractivity contribution in [3.05, 3.63) is 307 Å². The number of aromatic nitrogens is 3. The Morgan fingerprint density at radius 3 is 1.00 bits per heavy atom. The second-order valence-electron chi connectivity index (χ2n) is 34.2. The van der Waals surface area contributed by atoms with Crippen molar-refractivity contribution in [1.82, 2.24) is 15.0 Å². The summed E-state index contributed by atoms with van der Waals surface area (Å²) in [5.41, 5.74) is 38.4. The molecule has 104 heavy (non-hydrogen) atoms. The van der Waals surface area contributed by atoms with Crippen LogP contribution in [0.15, 0.2) is 273 Å². The maximum atomic E-state index is 5.44. The normalized spacial score (nSPS) is 27.8. The van der Waals surface area contributed by atoms with E-state index in [0.717, 1.165) is 137 Å². The summed E-state index contributed by atoms with van der Waals surface area (Å²) in [6.45, 7) is 0. The molecular formula is C101H81N3. The van der Waals surface area contributed by atoms with Crippen LogP contribution in [-0.4, -0.2) is 15.0 Å². The maximum Gasteiger partial charge on any atom is 0.0702 e. The molecule has 11 aliphatic rings. The van der Waals surface area contributed by atoms with Gasteiger partial charge in [-0.05, 0) is 349 Å².